The molecule has 0 aromatic carbocycles. The van der Waals surface area contributed by atoms with Crippen molar-refractivity contribution in [1.29, 1.82) is 0 Å². The van der Waals surface area contributed by atoms with Crippen LogP contribution in [0.4, 0.5) is 0 Å². The fraction of sp³-hybridized carbons (Fsp3) is 0.667. The quantitative estimate of drug-likeness (QED) is 0.476. The van der Waals surface area contributed by atoms with Gasteiger partial charge in [0.2, 0.25) is 0 Å². The second-order valence-electron chi connectivity index (χ2n) is 5.05. The van der Waals surface area contributed by atoms with Crippen LogP contribution in [0.1, 0.15) is 46.5 Å². The molecule has 0 saturated carbocycles. The molecule has 4 heteroatoms. The predicted molar refractivity (Wildman–Crippen MR) is 73.6 cm³/mol. The number of methoxy groups -OCH3 is 1. The van der Waals surface area contributed by atoms with Crippen molar-refractivity contribution in [2.75, 3.05) is 7.11 Å². The Bertz CT molecular complexity index is 342. The molecule has 0 aliphatic carbocycles. The Hall–Kier alpha value is -1.45. The van der Waals surface area contributed by atoms with Crippen molar-refractivity contribution in [2.45, 2.75) is 46.5 Å². The summed E-state index contributed by atoms with van der Waals surface area (Å²) in [6.07, 6.45) is 4.94. The van der Waals surface area contributed by atoms with E-state index in [0.29, 0.717) is 12.3 Å². The third-order valence-electron chi connectivity index (χ3n) is 3.02. The first kappa shape index (κ1) is 17.6. The van der Waals surface area contributed by atoms with Gasteiger partial charge in [-0.15, -0.1) is 0 Å². The number of Topliss-reactive ketones (excluding diaryl/α,β-unsaturated/α-hetero) is 1. The molecule has 108 valence electrons. The SMILES string of the molecule is COC(=O)CCC(=O)C=CC(CCC(C)=O)C(C)C. The average molecular weight is 268 g/mol. The van der Waals surface area contributed by atoms with Crippen molar-refractivity contribution in [3.05, 3.63) is 12.2 Å². The molecule has 0 aliphatic rings. The average Bonchev–Trinajstić information content (AvgIpc) is 2.34. The van der Waals surface area contributed by atoms with Gasteiger partial charge < -0.3 is 9.53 Å². The maximum Gasteiger partial charge on any atom is 0.305 e. The molecule has 0 aromatic rings. The number of esters is 1. The fourth-order valence-corrected chi connectivity index (χ4v) is 1.66. The largest absolute Gasteiger partial charge is 0.469 e. The van der Waals surface area contributed by atoms with Gasteiger partial charge >= 0.3 is 5.97 Å². The van der Waals surface area contributed by atoms with Gasteiger partial charge in [0.15, 0.2) is 5.78 Å². The van der Waals surface area contributed by atoms with Crippen LogP contribution in [0, 0.1) is 11.8 Å². The number of rotatable bonds is 9. The first-order valence-electron chi connectivity index (χ1n) is 6.64. The van der Waals surface area contributed by atoms with E-state index in [1.807, 2.05) is 6.08 Å². The van der Waals surface area contributed by atoms with E-state index in [-0.39, 0.29) is 36.3 Å². The van der Waals surface area contributed by atoms with Crippen molar-refractivity contribution in [3.8, 4) is 0 Å². The van der Waals surface area contributed by atoms with Gasteiger partial charge in [0.25, 0.3) is 0 Å². The van der Waals surface area contributed by atoms with Crippen LogP contribution in [-0.4, -0.2) is 24.6 Å². The molecule has 0 bridgehead atoms. The molecule has 0 saturated heterocycles. The Morgan fingerprint density at radius 1 is 1.11 bits per heavy atom. The van der Waals surface area contributed by atoms with Crippen LogP contribution in [0.2, 0.25) is 0 Å². The lowest BCUT2D eigenvalue weighted by molar-refractivity contribution is -0.141. The number of ketones is 2. The van der Waals surface area contributed by atoms with Crippen LogP contribution in [-0.2, 0) is 19.1 Å². The monoisotopic (exact) mass is 268 g/mol. The molecule has 0 N–H and O–H groups in total. The number of carbonyl (C=O) groups is 3. The van der Waals surface area contributed by atoms with Gasteiger partial charge in [-0.2, -0.15) is 0 Å². The molecular weight excluding hydrogens is 244 g/mol. The summed E-state index contributed by atoms with van der Waals surface area (Å²) < 4.78 is 4.48. The Labute approximate surface area is 115 Å². The lowest BCUT2D eigenvalue weighted by Gasteiger charge is -2.15. The maximum atomic E-state index is 11.6. The molecule has 0 heterocycles. The molecule has 0 aliphatic heterocycles. The Balaban J connectivity index is 4.25. The summed E-state index contributed by atoms with van der Waals surface area (Å²) in [6.45, 7) is 5.70. The van der Waals surface area contributed by atoms with Crippen LogP contribution >= 0.6 is 0 Å². The maximum absolute atomic E-state index is 11.6. The normalized spacial score (nSPS) is 12.7. The van der Waals surface area contributed by atoms with E-state index < -0.39 is 0 Å². The van der Waals surface area contributed by atoms with Crippen LogP contribution < -0.4 is 0 Å². The summed E-state index contributed by atoms with van der Waals surface area (Å²) in [5.74, 6) is 0.295. The van der Waals surface area contributed by atoms with Crippen molar-refractivity contribution >= 4 is 17.5 Å². The highest BCUT2D eigenvalue weighted by Crippen LogP contribution is 2.19. The van der Waals surface area contributed by atoms with Crippen molar-refractivity contribution in [2.24, 2.45) is 11.8 Å². The van der Waals surface area contributed by atoms with Gasteiger partial charge in [-0.1, -0.05) is 19.9 Å². The van der Waals surface area contributed by atoms with Crippen LogP contribution in [0.3, 0.4) is 0 Å². The summed E-state index contributed by atoms with van der Waals surface area (Å²) in [4.78, 5) is 33.4. The van der Waals surface area contributed by atoms with Gasteiger partial charge in [0.05, 0.1) is 13.5 Å². The fourth-order valence-electron chi connectivity index (χ4n) is 1.66. The first-order valence-corrected chi connectivity index (χ1v) is 6.64. The van der Waals surface area contributed by atoms with E-state index >= 15 is 0 Å². The highest BCUT2D eigenvalue weighted by Gasteiger charge is 2.12. The molecule has 0 spiro atoms. The molecule has 19 heavy (non-hydrogen) atoms. The number of hydrogen-bond donors (Lipinski definition) is 0. The lowest BCUT2D eigenvalue weighted by Crippen LogP contribution is -2.09. The van der Waals surface area contributed by atoms with Gasteiger partial charge in [-0.25, -0.2) is 0 Å². The van der Waals surface area contributed by atoms with E-state index in [0.717, 1.165) is 6.42 Å². The smallest absolute Gasteiger partial charge is 0.305 e. The van der Waals surface area contributed by atoms with Gasteiger partial charge in [-0.05, 0) is 31.3 Å². The molecule has 1 atom stereocenters. The van der Waals surface area contributed by atoms with Gasteiger partial charge in [0, 0.05) is 12.8 Å². The molecule has 1 unspecified atom stereocenters. The van der Waals surface area contributed by atoms with Crippen molar-refractivity contribution in [1.82, 2.24) is 0 Å². The zero-order valence-corrected chi connectivity index (χ0v) is 12.3. The molecule has 0 radical (unpaired) electrons. The van der Waals surface area contributed by atoms with E-state index in [4.69, 9.17) is 0 Å². The second kappa shape index (κ2) is 9.48. The van der Waals surface area contributed by atoms with E-state index in [1.54, 1.807) is 6.92 Å². The zero-order chi connectivity index (χ0) is 14.8. The Kier molecular flexibility index (Phi) is 8.75. The lowest BCUT2D eigenvalue weighted by atomic mass is 9.90. The molecule has 4 nitrogen and oxygen atoms in total. The van der Waals surface area contributed by atoms with Crippen molar-refractivity contribution < 1.29 is 19.1 Å². The summed E-state index contributed by atoms with van der Waals surface area (Å²) in [5, 5.41) is 0. The standard InChI is InChI=1S/C15H24O4/c1-11(2)13(6-5-12(3)16)7-8-14(17)9-10-15(18)19-4/h7-8,11,13H,5-6,9-10H2,1-4H3. The van der Waals surface area contributed by atoms with E-state index in [1.165, 1.54) is 13.2 Å². The van der Waals surface area contributed by atoms with E-state index in [9.17, 15) is 14.4 Å². The third-order valence-corrected chi connectivity index (χ3v) is 3.02. The number of hydrogen-bond acceptors (Lipinski definition) is 4. The summed E-state index contributed by atoms with van der Waals surface area (Å²) in [5.41, 5.74) is 0. The van der Waals surface area contributed by atoms with Crippen LogP contribution in [0.5, 0.6) is 0 Å². The molecule has 0 amide bonds. The van der Waals surface area contributed by atoms with Crippen LogP contribution in [0.15, 0.2) is 12.2 Å². The Morgan fingerprint density at radius 3 is 2.21 bits per heavy atom. The summed E-state index contributed by atoms with van der Waals surface area (Å²) >= 11 is 0. The van der Waals surface area contributed by atoms with Gasteiger partial charge in [-0.3, -0.25) is 9.59 Å². The Morgan fingerprint density at radius 2 is 1.74 bits per heavy atom. The minimum absolute atomic E-state index is 0.0844. The number of allylic oxidation sites excluding steroid dienone is 2. The summed E-state index contributed by atoms with van der Waals surface area (Å²) in [7, 11) is 1.30. The zero-order valence-electron chi connectivity index (χ0n) is 12.3. The molecule has 0 rings (SSSR count). The van der Waals surface area contributed by atoms with Gasteiger partial charge in [0.1, 0.15) is 5.78 Å². The third kappa shape index (κ3) is 9.17. The summed E-state index contributed by atoms with van der Waals surface area (Å²) in [6, 6.07) is 0. The first-order chi connectivity index (χ1) is 8.86. The van der Waals surface area contributed by atoms with Crippen LogP contribution in [0.25, 0.3) is 0 Å². The minimum atomic E-state index is -0.376. The molecular formula is C15H24O4. The number of carbonyl (C=O) groups excluding carboxylic acids is 3. The second-order valence-corrected chi connectivity index (χ2v) is 5.05. The topological polar surface area (TPSA) is 60.4 Å². The highest BCUT2D eigenvalue weighted by atomic mass is 16.5. The number of ether oxygens (including phenoxy) is 1. The van der Waals surface area contributed by atoms with E-state index in [2.05, 4.69) is 18.6 Å². The van der Waals surface area contributed by atoms with Crippen molar-refractivity contribution in [3.63, 3.8) is 0 Å². The minimum Gasteiger partial charge on any atom is -0.469 e. The predicted octanol–water partition coefficient (Wildman–Crippen LogP) is 2.71. The molecule has 0 aromatic heterocycles. The molecule has 0 fully saturated rings. The highest BCUT2D eigenvalue weighted by molar-refractivity contribution is 5.91.